The average Bonchev–Trinajstić information content (AvgIpc) is 3.17. The smallest absolute Gasteiger partial charge is 0.247 e. The van der Waals surface area contributed by atoms with E-state index < -0.39 is 32.9 Å². The molecule has 222 valence electrons. The van der Waals surface area contributed by atoms with Gasteiger partial charge in [-0.1, -0.05) is 24.3 Å². The fraction of sp³-hybridized carbons (Fsp3) is 0.594. The van der Waals surface area contributed by atoms with E-state index >= 15 is 0 Å². The van der Waals surface area contributed by atoms with E-state index in [9.17, 15) is 19.5 Å². The summed E-state index contributed by atoms with van der Waals surface area (Å²) in [5, 5.41) is 9.30. The normalized spacial score (nSPS) is 31.2. The Labute approximate surface area is 247 Å². The first-order valence-electron chi connectivity index (χ1n) is 14.8. The van der Waals surface area contributed by atoms with Crippen molar-refractivity contribution < 1.29 is 24.2 Å². The van der Waals surface area contributed by atoms with Gasteiger partial charge in [-0.15, -0.1) is 11.8 Å². The molecule has 1 N–H and O–H groups in total. The molecule has 4 aliphatic rings. The SMILES string of the molecule is CCOc1ccc(N2CC=C[C@@]3(C)S[C@]45C=CCN(C(C)(C)C)C(=O)C4N(CCCCCO)C(=O)[C@@H]5[C@H]3C2=O)cc1. The van der Waals surface area contributed by atoms with E-state index in [1.54, 1.807) is 21.6 Å². The van der Waals surface area contributed by atoms with Crippen LogP contribution in [-0.4, -0.2) is 86.6 Å². The molecule has 5 rings (SSSR count). The maximum Gasteiger partial charge on any atom is 0.247 e. The Balaban J connectivity index is 1.57. The second kappa shape index (κ2) is 11.1. The third kappa shape index (κ3) is 4.99. The predicted octanol–water partition coefficient (Wildman–Crippen LogP) is 4.04. The van der Waals surface area contributed by atoms with Gasteiger partial charge in [0.15, 0.2) is 0 Å². The fourth-order valence-corrected chi connectivity index (χ4v) is 9.21. The van der Waals surface area contributed by atoms with E-state index in [0.29, 0.717) is 39.1 Å². The highest BCUT2D eigenvalue weighted by molar-refractivity contribution is 8.02. The Hall–Kier alpha value is -2.78. The molecular formula is C32H43N3O5S. The van der Waals surface area contributed by atoms with Gasteiger partial charge in [0, 0.05) is 42.2 Å². The number of aliphatic hydroxyl groups excluding tert-OH is 1. The van der Waals surface area contributed by atoms with Gasteiger partial charge in [0.2, 0.25) is 17.7 Å². The number of likely N-dealkylation sites (tertiary alicyclic amines) is 1. The second-order valence-corrected chi connectivity index (χ2v) is 14.4. The number of rotatable bonds is 8. The molecule has 0 aliphatic carbocycles. The van der Waals surface area contributed by atoms with Crippen molar-refractivity contribution in [2.24, 2.45) is 11.8 Å². The van der Waals surface area contributed by atoms with Crippen LogP contribution in [0.5, 0.6) is 5.75 Å². The number of carbonyl (C=O) groups is 3. The van der Waals surface area contributed by atoms with Crippen LogP contribution in [0.2, 0.25) is 0 Å². The van der Waals surface area contributed by atoms with Gasteiger partial charge in [-0.3, -0.25) is 14.4 Å². The van der Waals surface area contributed by atoms with Crippen molar-refractivity contribution in [1.29, 1.82) is 0 Å². The van der Waals surface area contributed by atoms with Gasteiger partial charge in [0.1, 0.15) is 11.8 Å². The molecule has 8 nitrogen and oxygen atoms in total. The van der Waals surface area contributed by atoms with E-state index in [1.165, 1.54) is 0 Å². The molecule has 5 atom stereocenters. The average molecular weight is 582 g/mol. The Morgan fingerprint density at radius 1 is 0.951 bits per heavy atom. The van der Waals surface area contributed by atoms with E-state index in [2.05, 4.69) is 12.2 Å². The minimum atomic E-state index is -0.855. The number of hydrogen-bond donors (Lipinski definition) is 1. The number of aliphatic hydroxyl groups is 1. The number of nitrogens with zero attached hydrogens (tertiary/aromatic N) is 3. The number of benzene rings is 1. The molecule has 0 saturated carbocycles. The first-order valence-corrected chi connectivity index (χ1v) is 15.6. The number of anilines is 1. The summed E-state index contributed by atoms with van der Waals surface area (Å²) in [6.45, 7) is 12.0. The van der Waals surface area contributed by atoms with Gasteiger partial charge in [-0.05, 0) is 78.1 Å². The van der Waals surface area contributed by atoms with Crippen LogP contribution in [0.15, 0.2) is 48.6 Å². The molecule has 4 heterocycles. The van der Waals surface area contributed by atoms with Gasteiger partial charge < -0.3 is 24.5 Å². The van der Waals surface area contributed by atoms with Crippen molar-refractivity contribution in [3.63, 3.8) is 0 Å². The van der Waals surface area contributed by atoms with E-state index in [4.69, 9.17) is 4.74 Å². The molecule has 0 bridgehead atoms. The lowest BCUT2D eigenvalue weighted by Gasteiger charge is -2.41. The van der Waals surface area contributed by atoms with Crippen LogP contribution in [0.1, 0.15) is 53.9 Å². The highest BCUT2D eigenvalue weighted by atomic mass is 32.2. The lowest BCUT2D eigenvalue weighted by atomic mass is 9.74. The monoisotopic (exact) mass is 581 g/mol. The molecule has 0 aromatic heterocycles. The quantitative estimate of drug-likeness (QED) is 0.368. The number of thioether (sulfide) groups is 1. The summed E-state index contributed by atoms with van der Waals surface area (Å²) >= 11 is 1.61. The van der Waals surface area contributed by atoms with Crippen molar-refractivity contribution >= 4 is 35.2 Å². The Bertz CT molecular complexity index is 1240. The molecule has 4 aliphatic heterocycles. The number of carbonyl (C=O) groups excluding carboxylic acids is 3. The van der Waals surface area contributed by atoms with Crippen LogP contribution in [0.3, 0.4) is 0 Å². The Morgan fingerprint density at radius 3 is 2.32 bits per heavy atom. The third-order valence-corrected chi connectivity index (χ3v) is 10.7. The zero-order valence-corrected chi connectivity index (χ0v) is 25.7. The van der Waals surface area contributed by atoms with Gasteiger partial charge in [0.05, 0.1) is 23.2 Å². The first kappa shape index (κ1) is 29.7. The number of amides is 3. The standard InChI is InChI=1S/C32H43N3O5S/c1-6-40-23-14-12-22(13-15-23)33-19-10-16-31(5)24(27(33)37)25-28(38)34(18-8-7-9-21-36)26-29(39)35(30(2,3)4)20-11-17-32(25,26)41-31/h10-17,24-26,36H,6-9,18-21H2,1-5H3/t24-,25-,26?,31+,32-/m0/s1. The van der Waals surface area contributed by atoms with Crippen molar-refractivity contribution in [1.82, 2.24) is 9.80 Å². The molecule has 1 aromatic rings. The summed E-state index contributed by atoms with van der Waals surface area (Å²) in [7, 11) is 0. The number of ether oxygens (including phenoxy) is 1. The lowest BCUT2D eigenvalue weighted by molar-refractivity contribution is -0.145. The topological polar surface area (TPSA) is 90.4 Å². The number of hydrogen-bond acceptors (Lipinski definition) is 6. The van der Waals surface area contributed by atoms with Gasteiger partial charge in [0.25, 0.3) is 0 Å². The summed E-state index contributed by atoms with van der Waals surface area (Å²) in [5.74, 6) is -0.833. The minimum absolute atomic E-state index is 0.0622. The van der Waals surface area contributed by atoms with Gasteiger partial charge in [-0.2, -0.15) is 0 Å². The van der Waals surface area contributed by atoms with Gasteiger partial charge >= 0.3 is 0 Å². The molecular weight excluding hydrogens is 538 g/mol. The second-order valence-electron chi connectivity index (χ2n) is 12.6. The summed E-state index contributed by atoms with van der Waals surface area (Å²) in [6.07, 6.45) is 10.3. The number of unbranched alkanes of at least 4 members (excludes halogenated alkanes) is 2. The van der Waals surface area contributed by atoms with Crippen LogP contribution in [0.25, 0.3) is 0 Å². The van der Waals surface area contributed by atoms with Crippen molar-refractivity contribution in [2.75, 3.05) is 37.7 Å². The molecule has 41 heavy (non-hydrogen) atoms. The maximum absolute atomic E-state index is 14.5. The lowest BCUT2D eigenvalue weighted by Crippen LogP contribution is -2.57. The molecule has 9 heteroatoms. The third-order valence-electron chi connectivity index (χ3n) is 8.88. The van der Waals surface area contributed by atoms with Crippen molar-refractivity contribution in [2.45, 2.75) is 75.0 Å². The molecule has 1 spiro atoms. The summed E-state index contributed by atoms with van der Waals surface area (Å²) in [4.78, 5) is 48.8. The Morgan fingerprint density at radius 2 is 1.66 bits per heavy atom. The molecule has 2 saturated heterocycles. The van der Waals surface area contributed by atoms with Crippen LogP contribution >= 0.6 is 11.8 Å². The van der Waals surface area contributed by atoms with Gasteiger partial charge in [-0.25, -0.2) is 0 Å². The zero-order chi connectivity index (χ0) is 29.6. The van der Waals surface area contributed by atoms with Crippen molar-refractivity contribution in [3.05, 3.63) is 48.6 Å². The molecule has 3 amide bonds. The molecule has 2 fully saturated rings. The molecule has 0 radical (unpaired) electrons. The van der Waals surface area contributed by atoms with E-state index in [0.717, 1.165) is 17.9 Å². The first-order chi connectivity index (χ1) is 19.5. The Kier molecular flexibility index (Phi) is 8.07. The van der Waals surface area contributed by atoms with Crippen LogP contribution < -0.4 is 9.64 Å². The highest BCUT2D eigenvalue weighted by Gasteiger charge is 2.74. The summed E-state index contributed by atoms with van der Waals surface area (Å²) < 4.78 is 4.09. The number of fused-ring (bicyclic) bond motifs is 2. The largest absolute Gasteiger partial charge is 0.494 e. The van der Waals surface area contributed by atoms with E-state index in [1.807, 2.05) is 75.9 Å². The predicted molar refractivity (Wildman–Crippen MR) is 162 cm³/mol. The minimum Gasteiger partial charge on any atom is -0.494 e. The van der Waals surface area contributed by atoms with Crippen LogP contribution in [-0.2, 0) is 14.4 Å². The fourth-order valence-electron chi connectivity index (χ4n) is 7.06. The maximum atomic E-state index is 14.5. The van der Waals surface area contributed by atoms with Crippen molar-refractivity contribution in [3.8, 4) is 5.75 Å². The molecule has 1 unspecified atom stereocenters. The summed E-state index contributed by atoms with van der Waals surface area (Å²) in [6, 6.07) is 6.81. The summed E-state index contributed by atoms with van der Waals surface area (Å²) in [5.41, 5.74) is 0.335. The van der Waals surface area contributed by atoms with Crippen LogP contribution in [0.4, 0.5) is 5.69 Å². The zero-order valence-electron chi connectivity index (χ0n) is 24.8. The highest BCUT2D eigenvalue weighted by Crippen LogP contribution is 2.65. The van der Waals surface area contributed by atoms with Crippen LogP contribution in [0, 0.1) is 11.8 Å². The van der Waals surface area contributed by atoms with E-state index in [-0.39, 0.29) is 24.3 Å². The molecule has 1 aromatic carbocycles.